The maximum absolute atomic E-state index is 2.62. The lowest BCUT2D eigenvalue weighted by molar-refractivity contribution is 0.814. The molecule has 0 aromatic rings. The van der Waals surface area contributed by atoms with Crippen molar-refractivity contribution in [3.05, 3.63) is 9.28 Å². The van der Waals surface area contributed by atoms with E-state index in [1.165, 1.54) is 37.4 Å². The van der Waals surface area contributed by atoms with Crippen LogP contribution < -0.4 is 0 Å². The Hall–Kier alpha value is 0.687. The first-order chi connectivity index (χ1) is 6.66. The van der Waals surface area contributed by atoms with Gasteiger partial charge in [0.2, 0.25) is 0 Å². The third-order valence-electron chi connectivity index (χ3n) is 3.42. The summed E-state index contributed by atoms with van der Waals surface area (Å²) in [7, 11) is -1.02. The second kappa shape index (κ2) is 7.91. The van der Waals surface area contributed by atoms with E-state index in [2.05, 4.69) is 56.4 Å². The summed E-state index contributed by atoms with van der Waals surface area (Å²) in [4.78, 5) is 0. The molecule has 84 valence electrons. The summed E-state index contributed by atoms with van der Waals surface area (Å²) in [6.45, 7) is 9.41. The van der Waals surface area contributed by atoms with Crippen molar-refractivity contribution < 1.29 is 0 Å². The average molecular weight is 324 g/mol. The van der Waals surface area contributed by atoms with Gasteiger partial charge in [0.25, 0.3) is 0 Å². The Balaban J connectivity index is 4.41. The van der Waals surface area contributed by atoms with Gasteiger partial charge in [0, 0.05) is 0 Å². The molecule has 0 N–H and O–H groups in total. The van der Waals surface area contributed by atoms with Gasteiger partial charge in [-0.25, -0.2) is 0 Å². The van der Waals surface area contributed by atoms with E-state index in [0.717, 1.165) is 0 Å². The lowest BCUT2D eigenvalue weighted by atomic mass is 10.2. The van der Waals surface area contributed by atoms with Crippen LogP contribution in [0.4, 0.5) is 0 Å². The zero-order valence-electron chi connectivity index (χ0n) is 10.2. The van der Waals surface area contributed by atoms with Gasteiger partial charge in [-0.05, 0) is 9.62 Å². The second-order valence-corrected chi connectivity index (χ2v) is 11.4. The molecule has 0 unspecified atom stereocenters. The number of hydrogen-bond donors (Lipinski definition) is 0. The van der Waals surface area contributed by atoms with Crippen molar-refractivity contribution in [1.29, 1.82) is 0 Å². The van der Waals surface area contributed by atoms with E-state index < -0.39 is 8.07 Å². The topological polar surface area (TPSA) is 0 Å². The smallest absolute Gasteiger partial charge is 0.0793 e. The van der Waals surface area contributed by atoms with Gasteiger partial charge in [-0.15, -0.1) is 0 Å². The lowest BCUT2D eigenvalue weighted by Crippen LogP contribution is -2.32. The molecule has 0 heterocycles. The third-order valence-corrected chi connectivity index (χ3v) is 12.6. The predicted molar refractivity (Wildman–Crippen MR) is 78.8 cm³/mol. The number of allylic oxidation sites excluding steroid dienone is 1. The minimum Gasteiger partial charge on any atom is -0.0793 e. The molecule has 0 aliphatic heterocycles. The summed E-state index contributed by atoms with van der Waals surface area (Å²) in [5.41, 5.74) is 0. The highest BCUT2D eigenvalue weighted by molar-refractivity contribution is 14.1. The highest BCUT2D eigenvalue weighted by atomic mass is 127. The Bertz CT molecular complexity index is 163. The van der Waals surface area contributed by atoms with E-state index in [1.54, 1.807) is 3.20 Å². The van der Waals surface area contributed by atoms with Crippen molar-refractivity contribution in [2.75, 3.05) is 0 Å². The molecule has 0 spiro atoms. The Morgan fingerprint density at radius 3 is 1.93 bits per heavy atom. The molecule has 0 rings (SSSR count). The molecule has 0 fully saturated rings. The Morgan fingerprint density at radius 2 is 1.57 bits per heavy atom. The second-order valence-electron chi connectivity index (χ2n) is 4.04. The Morgan fingerprint density at radius 1 is 1.07 bits per heavy atom. The van der Waals surface area contributed by atoms with Gasteiger partial charge >= 0.3 is 0 Å². The van der Waals surface area contributed by atoms with Crippen molar-refractivity contribution in [3.8, 4) is 0 Å². The van der Waals surface area contributed by atoms with Crippen molar-refractivity contribution in [1.82, 2.24) is 0 Å². The monoisotopic (exact) mass is 324 g/mol. The highest BCUT2D eigenvalue weighted by Crippen LogP contribution is 2.33. The Kier molecular flexibility index (Phi) is 8.30. The molecule has 0 aliphatic rings. The van der Waals surface area contributed by atoms with Crippen LogP contribution in [0, 0.1) is 0 Å². The minimum atomic E-state index is -1.02. The van der Waals surface area contributed by atoms with Crippen molar-refractivity contribution in [3.63, 3.8) is 0 Å². The molecule has 14 heavy (non-hydrogen) atoms. The van der Waals surface area contributed by atoms with Crippen LogP contribution in [-0.2, 0) is 0 Å². The molecule has 0 saturated heterocycles. The molecule has 0 bridgehead atoms. The SMILES string of the molecule is CCCC/C=C(\I)[Si](CC)(CC)CC. The van der Waals surface area contributed by atoms with E-state index in [0.29, 0.717) is 0 Å². The van der Waals surface area contributed by atoms with E-state index in [1.807, 2.05) is 0 Å². The van der Waals surface area contributed by atoms with Crippen LogP contribution in [0.2, 0.25) is 18.1 Å². The Labute approximate surface area is 105 Å². The summed E-state index contributed by atoms with van der Waals surface area (Å²) in [5.74, 6) is 0. The molecule has 2 heteroatoms. The molecular formula is C12H25ISi. The zero-order chi connectivity index (χ0) is 11.0. The van der Waals surface area contributed by atoms with Crippen LogP contribution in [-0.4, -0.2) is 8.07 Å². The van der Waals surface area contributed by atoms with E-state index in [9.17, 15) is 0 Å². The zero-order valence-corrected chi connectivity index (χ0v) is 13.4. The summed E-state index contributed by atoms with van der Waals surface area (Å²) < 4.78 is 1.73. The lowest BCUT2D eigenvalue weighted by Gasteiger charge is -2.28. The highest BCUT2D eigenvalue weighted by Gasteiger charge is 2.29. The van der Waals surface area contributed by atoms with E-state index in [4.69, 9.17) is 0 Å². The quantitative estimate of drug-likeness (QED) is 0.327. The standard InChI is InChI=1S/C12H25ISi/c1-5-9-10-11-12(13)14(6-2,7-3)8-4/h11H,5-10H2,1-4H3/b12-11+. The van der Waals surface area contributed by atoms with Crippen LogP contribution >= 0.6 is 22.6 Å². The van der Waals surface area contributed by atoms with E-state index in [-0.39, 0.29) is 0 Å². The molecule has 0 amide bonds. The third kappa shape index (κ3) is 4.05. The van der Waals surface area contributed by atoms with Crippen molar-refractivity contribution in [2.45, 2.75) is 65.1 Å². The summed E-state index contributed by atoms with van der Waals surface area (Å²) in [6.07, 6.45) is 6.49. The molecule has 0 saturated carbocycles. The van der Waals surface area contributed by atoms with Gasteiger partial charge in [0.05, 0.1) is 8.07 Å². The summed E-state index contributed by atoms with van der Waals surface area (Å²) in [6, 6.07) is 4.25. The molecule has 0 aromatic heterocycles. The van der Waals surface area contributed by atoms with E-state index >= 15 is 0 Å². The molecule has 0 atom stereocenters. The van der Waals surface area contributed by atoms with Crippen LogP contribution in [0.15, 0.2) is 9.28 Å². The fourth-order valence-electron chi connectivity index (χ4n) is 1.91. The van der Waals surface area contributed by atoms with Gasteiger partial charge in [-0.2, -0.15) is 0 Å². The molecular weight excluding hydrogens is 299 g/mol. The minimum absolute atomic E-state index is 1.02. The van der Waals surface area contributed by atoms with Crippen molar-refractivity contribution >= 4 is 30.7 Å². The van der Waals surface area contributed by atoms with Gasteiger partial charge in [-0.3, -0.25) is 0 Å². The first-order valence-electron chi connectivity index (χ1n) is 6.02. The van der Waals surface area contributed by atoms with Gasteiger partial charge in [-0.1, -0.05) is 87.3 Å². The first kappa shape index (κ1) is 14.7. The molecule has 0 aromatic carbocycles. The van der Waals surface area contributed by atoms with Crippen LogP contribution in [0.5, 0.6) is 0 Å². The number of rotatable bonds is 7. The summed E-state index contributed by atoms with van der Waals surface area (Å²) in [5, 5.41) is 0. The van der Waals surface area contributed by atoms with Gasteiger partial charge < -0.3 is 0 Å². The van der Waals surface area contributed by atoms with Gasteiger partial charge in [0.15, 0.2) is 0 Å². The maximum Gasteiger partial charge on any atom is 0.0933 e. The van der Waals surface area contributed by atoms with Gasteiger partial charge in [0.1, 0.15) is 0 Å². The molecule has 0 radical (unpaired) electrons. The number of hydrogen-bond acceptors (Lipinski definition) is 0. The van der Waals surface area contributed by atoms with Crippen LogP contribution in [0.1, 0.15) is 47.0 Å². The normalized spacial score (nSPS) is 13.4. The summed E-state index contributed by atoms with van der Waals surface area (Å²) >= 11 is 2.62. The largest absolute Gasteiger partial charge is 0.0933 e. The number of unbranched alkanes of at least 4 members (excludes halogenated alkanes) is 2. The molecule has 0 nitrogen and oxygen atoms in total. The first-order valence-corrected chi connectivity index (χ1v) is 9.73. The van der Waals surface area contributed by atoms with Crippen LogP contribution in [0.25, 0.3) is 0 Å². The maximum atomic E-state index is 2.62. The van der Waals surface area contributed by atoms with Crippen LogP contribution in [0.3, 0.4) is 0 Å². The molecule has 0 aliphatic carbocycles. The van der Waals surface area contributed by atoms with Crippen molar-refractivity contribution in [2.24, 2.45) is 0 Å². The fourth-order valence-corrected chi connectivity index (χ4v) is 8.74. The fraction of sp³-hybridized carbons (Fsp3) is 0.833. The predicted octanol–water partition coefficient (Wildman–Crippen LogP) is 5.54. The number of halogens is 1. The average Bonchev–Trinajstić information content (AvgIpc) is 2.22.